The fraction of sp³-hybridized carbons (Fsp3) is 0.333. The van der Waals surface area contributed by atoms with Gasteiger partial charge in [-0.2, -0.15) is 0 Å². The predicted molar refractivity (Wildman–Crippen MR) is 61.3 cm³/mol. The summed E-state index contributed by atoms with van der Waals surface area (Å²) in [6.45, 7) is 2.58. The van der Waals surface area contributed by atoms with Crippen molar-refractivity contribution < 1.29 is 13.2 Å². The van der Waals surface area contributed by atoms with E-state index < -0.39 is 10.0 Å². The quantitative estimate of drug-likeness (QED) is 0.922. The first-order chi connectivity index (χ1) is 6.95. The summed E-state index contributed by atoms with van der Waals surface area (Å²) in [6, 6.07) is 4.44. The molecule has 0 spiro atoms. The van der Waals surface area contributed by atoms with Gasteiger partial charge in [0, 0.05) is 0 Å². The molecular weight excluding hydrogens is 282 g/mol. The van der Waals surface area contributed by atoms with Crippen molar-refractivity contribution in [2.45, 2.75) is 18.2 Å². The van der Waals surface area contributed by atoms with Crippen LogP contribution in [0.4, 0.5) is 0 Å². The van der Waals surface area contributed by atoms with Gasteiger partial charge in [0.15, 0.2) is 0 Å². The van der Waals surface area contributed by atoms with Crippen LogP contribution in [0.3, 0.4) is 0 Å². The van der Waals surface area contributed by atoms with Gasteiger partial charge in [0.1, 0.15) is 5.75 Å². The Balaban J connectivity index is 2.99. The summed E-state index contributed by atoms with van der Waals surface area (Å²) >= 11 is 3.22. The average Bonchev–Trinajstić information content (AvgIpc) is 2.14. The molecular formula is C9H12BrNO3S. The minimum absolute atomic E-state index is 0.0678. The number of benzene rings is 1. The highest BCUT2D eigenvalue weighted by atomic mass is 79.9. The van der Waals surface area contributed by atoms with Crippen LogP contribution in [0.2, 0.25) is 0 Å². The molecule has 1 rings (SSSR count). The summed E-state index contributed by atoms with van der Waals surface area (Å²) < 4.78 is 28.0. The molecule has 0 amide bonds. The van der Waals surface area contributed by atoms with Crippen LogP contribution in [-0.2, 0) is 10.0 Å². The maximum absolute atomic E-state index is 11.0. The summed E-state index contributed by atoms with van der Waals surface area (Å²) in [5.41, 5.74) is 0. The van der Waals surface area contributed by atoms with Gasteiger partial charge in [-0.15, -0.1) is 0 Å². The van der Waals surface area contributed by atoms with E-state index in [1.165, 1.54) is 12.1 Å². The molecule has 0 unspecified atom stereocenters. The maximum Gasteiger partial charge on any atom is 0.238 e. The molecule has 2 N–H and O–H groups in total. The molecule has 0 saturated heterocycles. The number of hydrogen-bond acceptors (Lipinski definition) is 3. The zero-order chi connectivity index (χ0) is 11.5. The maximum atomic E-state index is 11.0. The van der Waals surface area contributed by atoms with Gasteiger partial charge in [-0.3, -0.25) is 0 Å². The Morgan fingerprint density at radius 1 is 1.47 bits per heavy atom. The number of halogens is 1. The van der Waals surface area contributed by atoms with Crippen LogP contribution in [0.1, 0.15) is 13.3 Å². The van der Waals surface area contributed by atoms with Crippen molar-refractivity contribution in [3.63, 3.8) is 0 Å². The van der Waals surface area contributed by atoms with Crippen molar-refractivity contribution in [1.82, 2.24) is 0 Å². The fourth-order valence-corrected chi connectivity index (χ4v) is 2.17. The summed E-state index contributed by atoms with van der Waals surface area (Å²) in [5, 5.41) is 4.99. The Labute approximate surface area is 97.6 Å². The zero-order valence-corrected chi connectivity index (χ0v) is 10.6. The van der Waals surface area contributed by atoms with Gasteiger partial charge >= 0.3 is 0 Å². The summed E-state index contributed by atoms with van der Waals surface area (Å²) in [4.78, 5) is 0.0678. The first kappa shape index (κ1) is 12.5. The summed E-state index contributed by atoms with van der Waals surface area (Å²) in [7, 11) is -3.65. The van der Waals surface area contributed by atoms with E-state index in [-0.39, 0.29) is 4.90 Å². The van der Waals surface area contributed by atoms with Crippen molar-refractivity contribution in [3.05, 3.63) is 22.7 Å². The normalized spacial score (nSPS) is 11.4. The standard InChI is InChI=1S/C9H12BrNO3S/c1-2-5-14-9-4-3-7(6-8(9)10)15(11,12)13/h3-4,6H,2,5H2,1H3,(H2,11,12,13). The van der Waals surface area contributed by atoms with E-state index in [0.717, 1.165) is 6.42 Å². The van der Waals surface area contributed by atoms with E-state index in [0.29, 0.717) is 16.8 Å². The SMILES string of the molecule is CCCOc1ccc(S(N)(=O)=O)cc1Br. The highest BCUT2D eigenvalue weighted by Gasteiger charge is 2.10. The third-order valence-electron chi connectivity index (χ3n) is 1.69. The van der Waals surface area contributed by atoms with Crippen molar-refractivity contribution in [2.24, 2.45) is 5.14 Å². The number of ether oxygens (including phenoxy) is 1. The minimum atomic E-state index is -3.65. The third kappa shape index (κ3) is 3.48. The second kappa shape index (κ2) is 4.96. The van der Waals surface area contributed by atoms with Crippen LogP contribution in [0.25, 0.3) is 0 Å². The van der Waals surface area contributed by atoms with Gasteiger partial charge in [0.05, 0.1) is 16.0 Å². The number of sulfonamides is 1. The molecule has 0 saturated carbocycles. The number of nitrogens with two attached hydrogens (primary N) is 1. The number of hydrogen-bond donors (Lipinski definition) is 1. The molecule has 0 aromatic heterocycles. The van der Waals surface area contributed by atoms with Crippen molar-refractivity contribution in [3.8, 4) is 5.75 Å². The van der Waals surface area contributed by atoms with Crippen molar-refractivity contribution in [2.75, 3.05) is 6.61 Å². The summed E-state index contributed by atoms with van der Waals surface area (Å²) in [6.07, 6.45) is 0.892. The van der Waals surface area contributed by atoms with Gasteiger partial charge in [-0.05, 0) is 40.5 Å². The van der Waals surface area contributed by atoms with E-state index in [9.17, 15) is 8.42 Å². The highest BCUT2D eigenvalue weighted by Crippen LogP contribution is 2.27. The van der Waals surface area contributed by atoms with Gasteiger partial charge in [-0.1, -0.05) is 6.92 Å². The van der Waals surface area contributed by atoms with E-state index in [1.807, 2.05) is 6.92 Å². The molecule has 0 bridgehead atoms. The minimum Gasteiger partial charge on any atom is -0.492 e. The molecule has 0 atom stereocenters. The lowest BCUT2D eigenvalue weighted by Gasteiger charge is -2.07. The van der Waals surface area contributed by atoms with Crippen LogP contribution in [0.15, 0.2) is 27.6 Å². The Morgan fingerprint density at radius 3 is 2.60 bits per heavy atom. The smallest absolute Gasteiger partial charge is 0.238 e. The largest absolute Gasteiger partial charge is 0.492 e. The van der Waals surface area contributed by atoms with E-state index in [2.05, 4.69) is 15.9 Å². The molecule has 0 fully saturated rings. The Kier molecular flexibility index (Phi) is 4.12. The highest BCUT2D eigenvalue weighted by molar-refractivity contribution is 9.10. The van der Waals surface area contributed by atoms with E-state index >= 15 is 0 Å². The van der Waals surface area contributed by atoms with Crippen molar-refractivity contribution in [1.29, 1.82) is 0 Å². The Hall–Kier alpha value is -0.590. The van der Waals surface area contributed by atoms with Crippen LogP contribution < -0.4 is 9.88 Å². The van der Waals surface area contributed by atoms with Crippen LogP contribution in [0, 0.1) is 0 Å². The molecule has 84 valence electrons. The van der Waals surface area contributed by atoms with Crippen molar-refractivity contribution >= 4 is 26.0 Å². The van der Waals surface area contributed by atoms with Crippen LogP contribution >= 0.6 is 15.9 Å². The Morgan fingerprint density at radius 2 is 2.13 bits per heavy atom. The lowest BCUT2D eigenvalue weighted by Crippen LogP contribution is -2.12. The second-order valence-electron chi connectivity index (χ2n) is 2.99. The monoisotopic (exact) mass is 293 g/mol. The molecule has 0 aliphatic heterocycles. The van der Waals surface area contributed by atoms with Gasteiger partial charge in [-0.25, -0.2) is 13.6 Å². The molecule has 0 aliphatic carbocycles. The first-order valence-corrected chi connectivity index (χ1v) is 6.74. The van der Waals surface area contributed by atoms with Crippen LogP contribution in [-0.4, -0.2) is 15.0 Å². The van der Waals surface area contributed by atoms with Gasteiger partial charge in [0.25, 0.3) is 0 Å². The number of primary sulfonamides is 1. The van der Waals surface area contributed by atoms with Crippen LogP contribution in [0.5, 0.6) is 5.75 Å². The summed E-state index contributed by atoms with van der Waals surface area (Å²) in [5.74, 6) is 0.615. The predicted octanol–water partition coefficient (Wildman–Crippen LogP) is 1.89. The van der Waals surface area contributed by atoms with E-state index in [4.69, 9.17) is 9.88 Å². The molecule has 4 nitrogen and oxygen atoms in total. The lowest BCUT2D eigenvalue weighted by molar-refractivity contribution is 0.315. The third-order valence-corrected chi connectivity index (χ3v) is 3.22. The molecule has 15 heavy (non-hydrogen) atoms. The first-order valence-electron chi connectivity index (χ1n) is 4.40. The van der Waals surface area contributed by atoms with Gasteiger partial charge < -0.3 is 4.74 Å². The average molecular weight is 294 g/mol. The second-order valence-corrected chi connectivity index (χ2v) is 5.40. The molecule has 1 aromatic rings. The van der Waals surface area contributed by atoms with Gasteiger partial charge in [0.2, 0.25) is 10.0 Å². The fourth-order valence-electron chi connectivity index (χ4n) is 0.988. The molecule has 1 aromatic carbocycles. The lowest BCUT2D eigenvalue weighted by atomic mass is 10.3. The molecule has 0 heterocycles. The zero-order valence-electron chi connectivity index (χ0n) is 8.23. The molecule has 0 aliphatic rings. The molecule has 6 heteroatoms. The Bertz CT molecular complexity index is 445. The molecule has 0 radical (unpaired) electrons. The number of rotatable bonds is 4. The topological polar surface area (TPSA) is 69.4 Å². The van der Waals surface area contributed by atoms with E-state index in [1.54, 1.807) is 6.07 Å².